The van der Waals surface area contributed by atoms with Gasteiger partial charge in [-0.1, -0.05) is 18.2 Å². The summed E-state index contributed by atoms with van der Waals surface area (Å²) in [5.41, 5.74) is 1.67. The minimum Gasteiger partial charge on any atom is -0.497 e. The van der Waals surface area contributed by atoms with Gasteiger partial charge in [0.15, 0.2) is 5.82 Å². The van der Waals surface area contributed by atoms with Gasteiger partial charge in [0.2, 0.25) is 0 Å². The SMILES string of the molecule is COc1ccc2cc([C@H]3CN(c4ccncc4F)CCO3)ccc2c1. The van der Waals surface area contributed by atoms with Crippen molar-refractivity contribution in [1.82, 2.24) is 4.98 Å². The van der Waals surface area contributed by atoms with E-state index in [1.807, 2.05) is 23.1 Å². The largest absolute Gasteiger partial charge is 0.497 e. The quantitative estimate of drug-likeness (QED) is 0.724. The Balaban J connectivity index is 1.61. The number of anilines is 1. The molecule has 2 aromatic carbocycles. The maximum absolute atomic E-state index is 14.0. The van der Waals surface area contributed by atoms with Crippen molar-refractivity contribution in [3.63, 3.8) is 0 Å². The maximum Gasteiger partial charge on any atom is 0.164 e. The number of halogens is 1. The minimum atomic E-state index is -0.297. The molecule has 5 heteroatoms. The molecule has 4 rings (SSSR count). The van der Waals surface area contributed by atoms with Crippen LogP contribution in [0.15, 0.2) is 54.9 Å². The molecule has 0 saturated carbocycles. The number of hydrogen-bond donors (Lipinski definition) is 0. The monoisotopic (exact) mass is 338 g/mol. The van der Waals surface area contributed by atoms with Crippen molar-refractivity contribution in [2.75, 3.05) is 31.7 Å². The molecule has 1 fully saturated rings. The standard InChI is InChI=1S/C20H19FN2O2/c1-24-17-5-4-14-10-16(3-2-15(14)11-17)20-13-23(8-9-25-20)19-6-7-22-12-18(19)21/h2-7,10-12,20H,8-9,13H2,1H3/t20-/m1/s1. The summed E-state index contributed by atoms with van der Waals surface area (Å²) in [4.78, 5) is 5.84. The first kappa shape index (κ1) is 15.8. The van der Waals surface area contributed by atoms with E-state index in [1.54, 1.807) is 19.4 Å². The molecule has 0 N–H and O–H groups in total. The van der Waals surface area contributed by atoms with Crippen molar-refractivity contribution < 1.29 is 13.9 Å². The van der Waals surface area contributed by atoms with Gasteiger partial charge in [-0.3, -0.25) is 4.98 Å². The van der Waals surface area contributed by atoms with Crippen molar-refractivity contribution in [1.29, 1.82) is 0 Å². The van der Waals surface area contributed by atoms with E-state index < -0.39 is 0 Å². The van der Waals surface area contributed by atoms with E-state index in [4.69, 9.17) is 9.47 Å². The van der Waals surface area contributed by atoms with E-state index in [0.29, 0.717) is 25.4 Å². The fraction of sp³-hybridized carbons (Fsp3) is 0.250. The van der Waals surface area contributed by atoms with E-state index in [1.165, 1.54) is 6.20 Å². The van der Waals surface area contributed by atoms with Crippen LogP contribution in [-0.4, -0.2) is 31.8 Å². The molecule has 1 aliphatic rings. The highest BCUT2D eigenvalue weighted by Crippen LogP contribution is 2.30. The lowest BCUT2D eigenvalue weighted by molar-refractivity contribution is 0.0396. The molecule has 0 aliphatic carbocycles. The second-order valence-electron chi connectivity index (χ2n) is 6.11. The average Bonchev–Trinajstić information content (AvgIpc) is 2.67. The van der Waals surface area contributed by atoms with Crippen LogP contribution in [-0.2, 0) is 4.74 Å². The number of methoxy groups -OCH3 is 1. The summed E-state index contributed by atoms with van der Waals surface area (Å²) >= 11 is 0. The number of rotatable bonds is 3. The highest BCUT2D eigenvalue weighted by atomic mass is 19.1. The molecule has 1 aliphatic heterocycles. The Hall–Kier alpha value is -2.66. The first-order chi connectivity index (χ1) is 12.2. The average molecular weight is 338 g/mol. The predicted octanol–water partition coefficient (Wildman–Crippen LogP) is 3.96. The van der Waals surface area contributed by atoms with Crippen LogP contribution in [0.5, 0.6) is 5.75 Å². The van der Waals surface area contributed by atoms with E-state index in [-0.39, 0.29) is 11.9 Å². The highest BCUT2D eigenvalue weighted by Gasteiger charge is 2.24. The number of nitrogens with zero attached hydrogens (tertiary/aromatic N) is 2. The molecular formula is C20H19FN2O2. The number of fused-ring (bicyclic) bond motifs is 1. The Kier molecular flexibility index (Phi) is 4.24. The Labute approximate surface area is 145 Å². The molecular weight excluding hydrogens is 319 g/mol. The molecule has 3 aromatic rings. The number of morpholine rings is 1. The van der Waals surface area contributed by atoms with Crippen LogP contribution in [0.3, 0.4) is 0 Å². The number of ether oxygens (including phenoxy) is 2. The van der Waals surface area contributed by atoms with E-state index in [9.17, 15) is 4.39 Å². The summed E-state index contributed by atoms with van der Waals surface area (Å²) in [7, 11) is 1.66. The molecule has 128 valence electrons. The van der Waals surface area contributed by atoms with Crippen LogP contribution in [0.25, 0.3) is 10.8 Å². The number of hydrogen-bond acceptors (Lipinski definition) is 4. The van der Waals surface area contributed by atoms with Crippen molar-refractivity contribution in [2.45, 2.75) is 6.10 Å². The van der Waals surface area contributed by atoms with Crippen molar-refractivity contribution in [2.24, 2.45) is 0 Å². The zero-order valence-electron chi connectivity index (χ0n) is 14.0. The Bertz CT molecular complexity index is 900. The summed E-state index contributed by atoms with van der Waals surface area (Å²) in [6.45, 7) is 1.85. The lowest BCUT2D eigenvalue weighted by Crippen LogP contribution is -2.38. The zero-order valence-corrected chi connectivity index (χ0v) is 14.0. The second kappa shape index (κ2) is 6.69. The van der Waals surface area contributed by atoms with Crippen LogP contribution < -0.4 is 9.64 Å². The molecule has 1 atom stereocenters. The van der Waals surface area contributed by atoms with Gasteiger partial charge in [-0.25, -0.2) is 4.39 Å². The molecule has 0 radical (unpaired) electrons. The molecule has 0 amide bonds. The topological polar surface area (TPSA) is 34.6 Å². The van der Waals surface area contributed by atoms with Gasteiger partial charge in [-0.2, -0.15) is 0 Å². The molecule has 4 nitrogen and oxygen atoms in total. The maximum atomic E-state index is 14.0. The first-order valence-electron chi connectivity index (χ1n) is 8.28. The molecule has 1 aromatic heterocycles. The predicted molar refractivity (Wildman–Crippen MR) is 95.6 cm³/mol. The van der Waals surface area contributed by atoms with Crippen molar-refractivity contribution in [3.05, 3.63) is 66.2 Å². The van der Waals surface area contributed by atoms with Crippen LogP contribution in [0.4, 0.5) is 10.1 Å². The number of benzene rings is 2. The summed E-state index contributed by atoms with van der Waals surface area (Å²) in [6, 6.07) is 14.0. The van der Waals surface area contributed by atoms with Crippen LogP contribution in [0.1, 0.15) is 11.7 Å². The molecule has 2 heterocycles. The Morgan fingerprint density at radius 3 is 2.84 bits per heavy atom. The van der Waals surface area contributed by atoms with Gasteiger partial charge in [-0.05, 0) is 40.6 Å². The van der Waals surface area contributed by atoms with Gasteiger partial charge in [0, 0.05) is 19.3 Å². The second-order valence-corrected chi connectivity index (χ2v) is 6.11. The highest BCUT2D eigenvalue weighted by molar-refractivity contribution is 5.84. The molecule has 1 saturated heterocycles. The summed E-state index contributed by atoms with van der Waals surface area (Å²) < 4.78 is 25.2. The summed E-state index contributed by atoms with van der Waals surface area (Å²) in [5, 5.41) is 2.25. The zero-order chi connectivity index (χ0) is 17.2. The lowest BCUT2D eigenvalue weighted by atomic mass is 10.0. The van der Waals surface area contributed by atoms with E-state index in [2.05, 4.69) is 23.2 Å². The third-order valence-electron chi connectivity index (χ3n) is 4.60. The van der Waals surface area contributed by atoms with Crippen LogP contribution >= 0.6 is 0 Å². The Morgan fingerprint density at radius 2 is 2.00 bits per heavy atom. The summed E-state index contributed by atoms with van der Waals surface area (Å²) in [5.74, 6) is 0.544. The van der Waals surface area contributed by atoms with Crippen LogP contribution in [0.2, 0.25) is 0 Å². The third kappa shape index (κ3) is 3.15. The smallest absolute Gasteiger partial charge is 0.164 e. The molecule has 0 bridgehead atoms. The number of aromatic nitrogens is 1. The first-order valence-corrected chi connectivity index (χ1v) is 8.28. The van der Waals surface area contributed by atoms with E-state index in [0.717, 1.165) is 22.1 Å². The fourth-order valence-corrected chi connectivity index (χ4v) is 3.26. The van der Waals surface area contributed by atoms with E-state index >= 15 is 0 Å². The van der Waals surface area contributed by atoms with Gasteiger partial charge < -0.3 is 14.4 Å². The van der Waals surface area contributed by atoms with Gasteiger partial charge >= 0.3 is 0 Å². The normalized spacial score (nSPS) is 17.7. The van der Waals surface area contributed by atoms with Crippen LogP contribution in [0, 0.1) is 5.82 Å². The lowest BCUT2D eigenvalue weighted by Gasteiger charge is -2.34. The number of pyridine rings is 1. The van der Waals surface area contributed by atoms with Gasteiger partial charge in [0.25, 0.3) is 0 Å². The fourth-order valence-electron chi connectivity index (χ4n) is 3.26. The van der Waals surface area contributed by atoms with Crippen molar-refractivity contribution in [3.8, 4) is 5.75 Å². The van der Waals surface area contributed by atoms with Gasteiger partial charge in [0.05, 0.1) is 25.6 Å². The minimum absolute atomic E-state index is 0.0900. The summed E-state index contributed by atoms with van der Waals surface area (Å²) in [6.07, 6.45) is 2.78. The molecule has 25 heavy (non-hydrogen) atoms. The van der Waals surface area contributed by atoms with Gasteiger partial charge in [-0.15, -0.1) is 0 Å². The third-order valence-corrected chi connectivity index (χ3v) is 4.60. The van der Waals surface area contributed by atoms with Crippen molar-refractivity contribution >= 4 is 16.5 Å². The molecule has 0 unspecified atom stereocenters. The Morgan fingerprint density at radius 1 is 1.16 bits per heavy atom. The molecule has 0 spiro atoms. The van der Waals surface area contributed by atoms with Gasteiger partial charge in [0.1, 0.15) is 11.9 Å².